The third kappa shape index (κ3) is 4.02. The van der Waals surface area contributed by atoms with E-state index in [-0.39, 0.29) is 0 Å². The Labute approximate surface area is 122 Å². The van der Waals surface area contributed by atoms with Crippen molar-refractivity contribution < 1.29 is 0 Å². The smallest absolute Gasteiger partial charge is 0.0619 e. The van der Waals surface area contributed by atoms with Crippen LogP contribution in [0.1, 0.15) is 26.0 Å². The monoisotopic (exact) mass is 271 g/mol. The molecule has 1 N–H and O–H groups in total. The first-order chi connectivity index (χ1) is 9.85. The Kier molecular flexibility index (Phi) is 5.96. The van der Waals surface area contributed by atoms with Gasteiger partial charge in [0.05, 0.1) is 5.69 Å². The molecule has 0 fully saturated rings. The second-order valence-electron chi connectivity index (χ2n) is 5.04. The summed E-state index contributed by atoms with van der Waals surface area (Å²) in [5.74, 6) is 0. The summed E-state index contributed by atoms with van der Waals surface area (Å²) in [6, 6.07) is 10.5. The fraction of sp³-hybridized carbons (Fsp3) is 0.471. The average molecular weight is 271 g/mol. The van der Waals surface area contributed by atoms with E-state index in [1.165, 1.54) is 23.7 Å². The van der Waals surface area contributed by atoms with Gasteiger partial charge in [-0.25, -0.2) is 0 Å². The summed E-state index contributed by atoms with van der Waals surface area (Å²) in [7, 11) is 0. The maximum Gasteiger partial charge on any atom is 0.0619 e. The number of fused-ring (bicyclic) bond motifs is 1. The molecule has 2 aromatic rings. The molecule has 0 aliphatic heterocycles. The van der Waals surface area contributed by atoms with Gasteiger partial charge in [0.1, 0.15) is 0 Å². The molecule has 0 amide bonds. The molecule has 1 heterocycles. The Hall–Kier alpha value is -1.45. The summed E-state index contributed by atoms with van der Waals surface area (Å²) in [6.07, 6.45) is 3.09. The molecule has 3 heteroatoms. The number of benzene rings is 1. The fourth-order valence-electron chi connectivity index (χ4n) is 2.50. The van der Waals surface area contributed by atoms with Crippen molar-refractivity contribution in [2.45, 2.75) is 26.8 Å². The second kappa shape index (κ2) is 7.98. The van der Waals surface area contributed by atoms with Gasteiger partial charge in [-0.2, -0.15) is 0 Å². The molecule has 108 valence electrons. The van der Waals surface area contributed by atoms with Crippen molar-refractivity contribution in [3.05, 3.63) is 42.2 Å². The molecule has 0 saturated heterocycles. The highest BCUT2D eigenvalue weighted by molar-refractivity contribution is 5.84. The van der Waals surface area contributed by atoms with Crippen LogP contribution in [0.5, 0.6) is 0 Å². The van der Waals surface area contributed by atoms with Gasteiger partial charge in [-0.1, -0.05) is 38.1 Å². The maximum absolute atomic E-state index is 4.50. The third-order valence-electron chi connectivity index (χ3n) is 3.77. The van der Waals surface area contributed by atoms with E-state index in [4.69, 9.17) is 0 Å². The molecule has 0 aliphatic rings. The fourth-order valence-corrected chi connectivity index (χ4v) is 2.50. The summed E-state index contributed by atoms with van der Waals surface area (Å²) in [4.78, 5) is 6.96. The summed E-state index contributed by atoms with van der Waals surface area (Å²) in [5.41, 5.74) is 1.14. The maximum atomic E-state index is 4.50. The Morgan fingerprint density at radius 2 is 1.90 bits per heavy atom. The highest BCUT2D eigenvalue weighted by Crippen LogP contribution is 2.15. The summed E-state index contributed by atoms with van der Waals surface area (Å²) in [6.45, 7) is 9.78. The molecular formula is C17H25N3. The molecule has 3 nitrogen and oxygen atoms in total. The number of pyridine rings is 1. The van der Waals surface area contributed by atoms with Crippen LogP contribution in [0.3, 0.4) is 0 Å². The molecule has 0 spiro atoms. The second-order valence-corrected chi connectivity index (χ2v) is 5.04. The van der Waals surface area contributed by atoms with Crippen LogP contribution in [0, 0.1) is 0 Å². The van der Waals surface area contributed by atoms with Crippen LogP contribution in [0.25, 0.3) is 10.8 Å². The van der Waals surface area contributed by atoms with Gasteiger partial charge in [0, 0.05) is 18.1 Å². The number of hydrogen-bond acceptors (Lipinski definition) is 3. The standard InChI is InChI=1S/C17H25N3/c1-3-20(4-2)13-7-11-18-14-17-16-9-6-5-8-15(16)10-12-19-17/h5-6,8-10,12,18H,3-4,7,11,13-14H2,1-2H3. The van der Waals surface area contributed by atoms with Gasteiger partial charge in [0.25, 0.3) is 0 Å². The van der Waals surface area contributed by atoms with Crippen molar-refractivity contribution in [1.82, 2.24) is 15.2 Å². The Balaban J connectivity index is 1.81. The molecule has 0 saturated carbocycles. The van der Waals surface area contributed by atoms with E-state index in [1.807, 2.05) is 6.20 Å². The molecule has 0 atom stereocenters. The molecule has 2 rings (SSSR count). The van der Waals surface area contributed by atoms with Gasteiger partial charge in [0.15, 0.2) is 0 Å². The van der Waals surface area contributed by atoms with Crippen LogP contribution in [-0.2, 0) is 6.54 Å². The SMILES string of the molecule is CCN(CC)CCCNCc1nccc2ccccc12. The summed E-state index contributed by atoms with van der Waals surface area (Å²) >= 11 is 0. The van der Waals surface area contributed by atoms with Crippen LogP contribution in [0.2, 0.25) is 0 Å². The zero-order valence-electron chi connectivity index (χ0n) is 12.6. The lowest BCUT2D eigenvalue weighted by atomic mass is 10.1. The number of rotatable bonds is 8. The first-order valence-corrected chi connectivity index (χ1v) is 7.60. The van der Waals surface area contributed by atoms with Gasteiger partial charge >= 0.3 is 0 Å². The number of nitrogens with zero attached hydrogens (tertiary/aromatic N) is 2. The minimum Gasteiger partial charge on any atom is -0.311 e. The molecule has 20 heavy (non-hydrogen) atoms. The summed E-state index contributed by atoms with van der Waals surface area (Å²) < 4.78 is 0. The van der Waals surface area contributed by atoms with Gasteiger partial charge in [-0.05, 0) is 44.1 Å². The third-order valence-corrected chi connectivity index (χ3v) is 3.77. The minimum atomic E-state index is 0.847. The quantitative estimate of drug-likeness (QED) is 0.748. The van der Waals surface area contributed by atoms with Crippen LogP contribution >= 0.6 is 0 Å². The van der Waals surface area contributed by atoms with E-state index in [0.717, 1.165) is 31.9 Å². The van der Waals surface area contributed by atoms with E-state index in [9.17, 15) is 0 Å². The predicted octanol–water partition coefficient (Wildman–Crippen LogP) is 3.06. The van der Waals surface area contributed by atoms with Crippen molar-refractivity contribution in [3.8, 4) is 0 Å². The molecule has 1 aromatic carbocycles. The van der Waals surface area contributed by atoms with Gasteiger partial charge in [-0.15, -0.1) is 0 Å². The zero-order valence-corrected chi connectivity index (χ0v) is 12.6. The normalized spacial score (nSPS) is 11.3. The summed E-state index contributed by atoms with van der Waals surface area (Å²) in [5, 5.41) is 6.03. The van der Waals surface area contributed by atoms with Gasteiger partial charge in [0.2, 0.25) is 0 Å². The van der Waals surface area contributed by atoms with E-state index in [1.54, 1.807) is 0 Å². The van der Waals surface area contributed by atoms with Gasteiger partial charge < -0.3 is 10.2 Å². The molecule has 0 radical (unpaired) electrons. The lowest BCUT2D eigenvalue weighted by Crippen LogP contribution is -2.27. The largest absolute Gasteiger partial charge is 0.311 e. The topological polar surface area (TPSA) is 28.2 Å². The number of nitrogens with one attached hydrogen (secondary N) is 1. The lowest BCUT2D eigenvalue weighted by Gasteiger charge is -2.17. The highest BCUT2D eigenvalue weighted by Gasteiger charge is 2.02. The molecule has 0 bridgehead atoms. The molecule has 0 unspecified atom stereocenters. The van der Waals surface area contributed by atoms with Crippen molar-refractivity contribution in [2.24, 2.45) is 0 Å². The minimum absolute atomic E-state index is 0.847. The van der Waals surface area contributed by atoms with Crippen LogP contribution in [0.4, 0.5) is 0 Å². The first kappa shape index (κ1) is 14.9. The number of hydrogen-bond donors (Lipinski definition) is 1. The first-order valence-electron chi connectivity index (χ1n) is 7.60. The van der Waals surface area contributed by atoms with Crippen molar-refractivity contribution >= 4 is 10.8 Å². The van der Waals surface area contributed by atoms with Crippen molar-refractivity contribution in [1.29, 1.82) is 0 Å². The van der Waals surface area contributed by atoms with Crippen LogP contribution in [-0.4, -0.2) is 36.1 Å². The van der Waals surface area contributed by atoms with E-state index in [2.05, 4.69) is 59.4 Å². The molecule has 0 aliphatic carbocycles. The highest BCUT2D eigenvalue weighted by atomic mass is 15.1. The average Bonchev–Trinajstić information content (AvgIpc) is 2.51. The molecular weight excluding hydrogens is 246 g/mol. The Morgan fingerprint density at radius 3 is 2.70 bits per heavy atom. The Morgan fingerprint density at radius 1 is 1.10 bits per heavy atom. The van der Waals surface area contributed by atoms with Crippen LogP contribution < -0.4 is 5.32 Å². The van der Waals surface area contributed by atoms with E-state index < -0.39 is 0 Å². The molecule has 1 aromatic heterocycles. The zero-order chi connectivity index (χ0) is 14.2. The van der Waals surface area contributed by atoms with E-state index >= 15 is 0 Å². The predicted molar refractivity (Wildman–Crippen MR) is 85.9 cm³/mol. The Bertz CT molecular complexity index is 515. The lowest BCUT2D eigenvalue weighted by molar-refractivity contribution is 0.298. The number of aromatic nitrogens is 1. The van der Waals surface area contributed by atoms with Crippen LogP contribution in [0.15, 0.2) is 36.5 Å². The van der Waals surface area contributed by atoms with Gasteiger partial charge in [-0.3, -0.25) is 4.98 Å². The van der Waals surface area contributed by atoms with Crippen molar-refractivity contribution in [3.63, 3.8) is 0 Å². The van der Waals surface area contributed by atoms with Crippen molar-refractivity contribution in [2.75, 3.05) is 26.2 Å². The van der Waals surface area contributed by atoms with E-state index in [0.29, 0.717) is 0 Å².